The average Bonchev–Trinajstić information content (AvgIpc) is 3.25. The van der Waals surface area contributed by atoms with Crippen molar-refractivity contribution in [1.82, 2.24) is 0 Å². The van der Waals surface area contributed by atoms with Gasteiger partial charge < -0.3 is 23.7 Å². The molecule has 1 aliphatic heterocycles. The Balaban J connectivity index is 1.81. The molecule has 1 aromatic carbocycles. The Morgan fingerprint density at radius 2 is 1.97 bits per heavy atom. The van der Waals surface area contributed by atoms with Gasteiger partial charge in [0.2, 0.25) is 5.76 Å². The molecule has 1 atom stereocenters. The lowest BCUT2D eigenvalue weighted by atomic mass is 10.0. The van der Waals surface area contributed by atoms with Gasteiger partial charge in [-0.25, -0.2) is 9.59 Å². The number of benzene rings is 1. The lowest BCUT2D eigenvalue weighted by Crippen LogP contribution is -2.17. The first-order valence-electron chi connectivity index (χ1n) is 10.9. The molecule has 2 heterocycles. The molecule has 0 saturated carbocycles. The standard InChI is InChI=1S/C25H28O8/c1-16-7-6-10-18(26)9-5-3-4-8-17-13-20(14-21(27)23(17)25(29)32-16)31-15-19-11-12-22(33-19)24(28)30-2/h4,8,11-14,16,27H,3,5-7,9-10,15H2,1-2H3/b8-4-/t16-/m0/s1. The summed E-state index contributed by atoms with van der Waals surface area (Å²) in [6.45, 7) is 1.77. The minimum Gasteiger partial charge on any atom is -0.507 e. The summed E-state index contributed by atoms with van der Waals surface area (Å²) >= 11 is 0. The van der Waals surface area contributed by atoms with E-state index in [4.69, 9.17) is 13.9 Å². The fourth-order valence-corrected chi connectivity index (χ4v) is 3.52. The number of aromatic hydroxyl groups is 1. The van der Waals surface area contributed by atoms with Gasteiger partial charge in [-0.3, -0.25) is 4.79 Å². The fraction of sp³-hybridized carbons (Fsp3) is 0.400. The first-order valence-corrected chi connectivity index (χ1v) is 10.9. The number of carbonyl (C=O) groups is 3. The number of Topliss-reactive ketones (excluding diaryl/α,β-unsaturated/α-hetero) is 1. The van der Waals surface area contributed by atoms with Gasteiger partial charge in [0.1, 0.15) is 35.2 Å². The van der Waals surface area contributed by atoms with Crippen LogP contribution in [-0.2, 0) is 20.9 Å². The molecule has 0 saturated heterocycles. The number of ether oxygens (including phenoxy) is 3. The monoisotopic (exact) mass is 456 g/mol. The highest BCUT2D eigenvalue weighted by molar-refractivity contribution is 5.97. The summed E-state index contributed by atoms with van der Waals surface area (Å²) < 4.78 is 21.2. The predicted molar refractivity (Wildman–Crippen MR) is 119 cm³/mol. The van der Waals surface area contributed by atoms with Crippen LogP contribution in [0.4, 0.5) is 0 Å². The van der Waals surface area contributed by atoms with Gasteiger partial charge in [-0.1, -0.05) is 12.2 Å². The Bertz CT molecular complexity index is 1030. The topological polar surface area (TPSA) is 112 Å². The Morgan fingerprint density at radius 3 is 2.76 bits per heavy atom. The molecule has 0 aliphatic carbocycles. The van der Waals surface area contributed by atoms with E-state index in [-0.39, 0.29) is 35.6 Å². The molecule has 1 aliphatic rings. The van der Waals surface area contributed by atoms with Crippen LogP contribution in [0.1, 0.15) is 77.7 Å². The van der Waals surface area contributed by atoms with E-state index in [0.717, 1.165) is 0 Å². The van der Waals surface area contributed by atoms with Crippen LogP contribution >= 0.6 is 0 Å². The van der Waals surface area contributed by atoms with Crippen molar-refractivity contribution >= 4 is 23.8 Å². The summed E-state index contributed by atoms with van der Waals surface area (Å²) in [7, 11) is 1.26. The largest absolute Gasteiger partial charge is 0.507 e. The third-order valence-corrected chi connectivity index (χ3v) is 5.25. The molecule has 1 aromatic heterocycles. The molecule has 3 rings (SSSR count). The van der Waals surface area contributed by atoms with Crippen LogP contribution in [-0.4, -0.2) is 36.0 Å². The van der Waals surface area contributed by atoms with Crippen molar-refractivity contribution in [3.05, 3.63) is 53.0 Å². The Kier molecular flexibility index (Phi) is 8.29. The fourth-order valence-electron chi connectivity index (χ4n) is 3.52. The second-order valence-corrected chi connectivity index (χ2v) is 7.89. The molecule has 0 amide bonds. The molecular formula is C25H28O8. The molecule has 0 fully saturated rings. The molecule has 8 nitrogen and oxygen atoms in total. The number of carbonyl (C=O) groups excluding carboxylic acids is 3. The summed E-state index contributed by atoms with van der Waals surface area (Å²) in [5, 5.41) is 10.6. The van der Waals surface area contributed by atoms with Gasteiger partial charge >= 0.3 is 11.9 Å². The van der Waals surface area contributed by atoms with Crippen molar-refractivity contribution in [1.29, 1.82) is 0 Å². The lowest BCUT2D eigenvalue weighted by Gasteiger charge is -2.16. The number of methoxy groups -OCH3 is 1. The van der Waals surface area contributed by atoms with Gasteiger partial charge in [-0.05, 0) is 56.4 Å². The minimum absolute atomic E-state index is 0.00251. The van der Waals surface area contributed by atoms with Gasteiger partial charge in [0.05, 0.1) is 13.2 Å². The van der Waals surface area contributed by atoms with E-state index in [0.29, 0.717) is 55.6 Å². The van der Waals surface area contributed by atoms with Crippen molar-refractivity contribution in [3.8, 4) is 11.5 Å². The lowest BCUT2D eigenvalue weighted by molar-refractivity contribution is -0.119. The summed E-state index contributed by atoms with van der Waals surface area (Å²) in [5.41, 5.74) is 0.504. The number of phenolic OH excluding ortho intramolecular Hbond substituents is 1. The molecule has 1 N–H and O–H groups in total. The van der Waals surface area contributed by atoms with Crippen LogP contribution in [0.25, 0.3) is 6.08 Å². The molecule has 0 bridgehead atoms. The number of cyclic esters (lactones) is 1. The van der Waals surface area contributed by atoms with E-state index in [1.807, 2.05) is 6.08 Å². The second-order valence-electron chi connectivity index (χ2n) is 7.89. The van der Waals surface area contributed by atoms with E-state index < -0.39 is 11.9 Å². The van der Waals surface area contributed by atoms with Crippen LogP contribution in [0.2, 0.25) is 0 Å². The van der Waals surface area contributed by atoms with Gasteiger partial charge in [0.15, 0.2) is 0 Å². The zero-order chi connectivity index (χ0) is 23.8. The van der Waals surface area contributed by atoms with Crippen LogP contribution in [0, 0.1) is 0 Å². The number of phenols is 1. The first-order chi connectivity index (χ1) is 15.9. The SMILES string of the molecule is COC(=O)c1ccc(COc2cc(O)c3c(c2)/C=C\CCCC(=O)CCC[C@H](C)OC3=O)o1. The third-order valence-electron chi connectivity index (χ3n) is 5.25. The van der Waals surface area contributed by atoms with Crippen molar-refractivity contribution in [2.24, 2.45) is 0 Å². The zero-order valence-corrected chi connectivity index (χ0v) is 18.8. The molecule has 8 heteroatoms. The number of rotatable bonds is 4. The summed E-state index contributed by atoms with van der Waals surface area (Å²) in [5.74, 6) is -0.524. The minimum atomic E-state index is -0.636. The van der Waals surface area contributed by atoms with Crippen molar-refractivity contribution in [2.75, 3.05) is 7.11 Å². The molecule has 33 heavy (non-hydrogen) atoms. The van der Waals surface area contributed by atoms with Gasteiger partial charge in [0.25, 0.3) is 0 Å². The number of allylic oxidation sites excluding steroid dienone is 1. The molecule has 176 valence electrons. The summed E-state index contributed by atoms with van der Waals surface area (Å²) in [6.07, 6.45) is 6.77. The zero-order valence-electron chi connectivity index (χ0n) is 18.8. The first kappa shape index (κ1) is 24.1. The van der Waals surface area contributed by atoms with Gasteiger partial charge in [-0.2, -0.15) is 0 Å². The van der Waals surface area contributed by atoms with E-state index in [1.165, 1.54) is 19.2 Å². The average molecular weight is 456 g/mol. The maximum atomic E-state index is 12.8. The van der Waals surface area contributed by atoms with Crippen LogP contribution < -0.4 is 4.74 Å². The summed E-state index contributed by atoms with van der Waals surface area (Å²) in [6, 6.07) is 6.03. The quantitative estimate of drug-likeness (QED) is 0.651. The maximum Gasteiger partial charge on any atom is 0.373 e. The normalized spacial score (nSPS) is 18.5. The van der Waals surface area contributed by atoms with Crippen LogP contribution in [0.5, 0.6) is 11.5 Å². The number of hydrogen-bond donors (Lipinski definition) is 1. The number of ketones is 1. The number of hydrogen-bond acceptors (Lipinski definition) is 8. The van der Waals surface area contributed by atoms with Crippen LogP contribution in [0.3, 0.4) is 0 Å². The van der Waals surface area contributed by atoms with Crippen LogP contribution in [0.15, 0.2) is 34.8 Å². The van der Waals surface area contributed by atoms with Gasteiger partial charge in [0, 0.05) is 18.9 Å². The molecule has 0 spiro atoms. The highest BCUT2D eigenvalue weighted by Gasteiger charge is 2.21. The highest BCUT2D eigenvalue weighted by atomic mass is 16.5. The maximum absolute atomic E-state index is 12.8. The number of fused-ring (bicyclic) bond motifs is 1. The van der Waals surface area contributed by atoms with E-state index in [1.54, 1.807) is 25.1 Å². The molecule has 0 radical (unpaired) electrons. The smallest absolute Gasteiger partial charge is 0.373 e. The third kappa shape index (κ3) is 6.71. The second kappa shape index (κ2) is 11.4. The number of esters is 2. The highest BCUT2D eigenvalue weighted by Crippen LogP contribution is 2.31. The Morgan fingerprint density at radius 1 is 1.18 bits per heavy atom. The molecule has 2 aromatic rings. The van der Waals surface area contributed by atoms with Gasteiger partial charge in [-0.15, -0.1) is 0 Å². The van der Waals surface area contributed by atoms with Crippen molar-refractivity contribution < 1.29 is 38.1 Å². The van der Waals surface area contributed by atoms with Crippen molar-refractivity contribution in [2.45, 2.75) is 58.2 Å². The summed E-state index contributed by atoms with van der Waals surface area (Å²) in [4.78, 5) is 36.2. The Labute approximate surface area is 192 Å². The van der Waals surface area contributed by atoms with E-state index >= 15 is 0 Å². The predicted octanol–water partition coefficient (Wildman–Crippen LogP) is 4.83. The molecular weight excluding hydrogens is 428 g/mol. The van der Waals surface area contributed by atoms with E-state index in [9.17, 15) is 19.5 Å². The van der Waals surface area contributed by atoms with Crippen molar-refractivity contribution in [3.63, 3.8) is 0 Å². The molecule has 0 unspecified atom stereocenters. The number of furan rings is 1. The Hall–Kier alpha value is -3.55. The van der Waals surface area contributed by atoms with E-state index in [2.05, 4.69) is 4.74 Å².